The zero-order valence-electron chi connectivity index (χ0n) is 11.8. The van der Waals surface area contributed by atoms with Gasteiger partial charge >= 0.3 is 0 Å². The fourth-order valence-corrected chi connectivity index (χ4v) is 1.91. The van der Waals surface area contributed by atoms with Gasteiger partial charge in [0.05, 0.1) is 5.60 Å². The Morgan fingerprint density at radius 1 is 1.33 bits per heavy atom. The van der Waals surface area contributed by atoms with Crippen LogP contribution in [-0.4, -0.2) is 18.2 Å². The molecule has 1 aromatic rings. The van der Waals surface area contributed by atoms with Crippen LogP contribution in [0.4, 0.5) is 4.39 Å². The van der Waals surface area contributed by atoms with Crippen molar-refractivity contribution in [3.05, 3.63) is 35.1 Å². The summed E-state index contributed by atoms with van der Waals surface area (Å²) in [7, 11) is 0. The van der Waals surface area contributed by atoms with E-state index in [1.165, 1.54) is 12.1 Å². The Hall–Kier alpha value is -0.930. The number of hydrogen-bond donors (Lipinski definition) is 2. The predicted molar refractivity (Wildman–Crippen MR) is 73.0 cm³/mol. The maximum Gasteiger partial charge on any atom is 0.123 e. The molecule has 1 unspecified atom stereocenters. The third-order valence-corrected chi connectivity index (χ3v) is 3.01. The first-order valence-corrected chi connectivity index (χ1v) is 6.52. The van der Waals surface area contributed by atoms with E-state index >= 15 is 0 Å². The fourth-order valence-electron chi connectivity index (χ4n) is 1.91. The molecular weight excluding hydrogens is 229 g/mol. The van der Waals surface area contributed by atoms with Gasteiger partial charge in [-0.15, -0.1) is 0 Å². The second-order valence-electron chi connectivity index (χ2n) is 5.64. The Kier molecular flexibility index (Phi) is 5.29. The van der Waals surface area contributed by atoms with Crippen LogP contribution in [0.15, 0.2) is 18.2 Å². The minimum absolute atomic E-state index is 0.291. The quantitative estimate of drug-likeness (QED) is 0.764. The summed E-state index contributed by atoms with van der Waals surface area (Å²) < 4.78 is 13.3. The molecule has 1 rings (SSSR count). The first-order valence-electron chi connectivity index (χ1n) is 6.52. The number of hydrogen-bond acceptors (Lipinski definition) is 2. The van der Waals surface area contributed by atoms with Crippen molar-refractivity contribution in [2.24, 2.45) is 5.92 Å². The summed E-state index contributed by atoms with van der Waals surface area (Å²) in [5, 5.41) is 13.7. The van der Waals surface area contributed by atoms with Crippen molar-refractivity contribution < 1.29 is 9.50 Å². The van der Waals surface area contributed by atoms with E-state index in [0.29, 0.717) is 17.9 Å². The average molecular weight is 253 g/mol. The highest BCUT2D eigenvalue weighted by atomic mass is 19.1. The minimum atomic E-state index is -0.989. The normalized spacial score (nSPS) is 14.8. The molecule has 0 heterocycles. The van der Waals surface area contributed by atoms with Gasteiger partial charge in [0.1, 0.15) is 5.82 Å². The molecule has 0 aliphatic carbocycles. The van der Waals surface area contributed by atoms with Crippen molar-refractivity contribution in [1.82, 2.24) is 5.32 Å². The standard InChI is InChI=1S/C15H24FNO/c1-11(2)10-17-6-5-15(4,18)13-7-12(3)8-14(16)9-13/h7-9,11,17-18H,5-6,10H2,1-4H3. The molecule has 2 N–H and O–H groups in total. The van der Waals surface area contributed by atoms with Gasteiger partial charge in [-0.25, -0.2) is 4.39 Å². The van der Waals surface area contributed by atoms with Crippen LogP contribution in [0.5, 0.6) is 0 Å². The van der Waals surface area contributed by atoms with Crippen molar-refractivity contribution >= 4 is 0 Å². The van der Waals surface area contributed by atoms with Crippen molar-refractivity contribution in [2.75, 3.05) is 13.1 Å². The molecule has 0 saturated heterocycles. The van der Waals surface area contributed by atoms with E-state index in [9.17, 15) is 9.50 Å². The van der Waals surface area contributed by atoms with Crippen LogP contribution in [0.1, 0.15) is 38.3 Å². The molecule has 0 spiro atoms. The summed E-state index contributed by atoms with van der Waals surface area (Å²) in [5.74, 6) is 0.298. The molecule has 0 saturated carbocycles. The molecule has 0 fully saturated rings. The molecule has 0 aliphatic heterocycles. The first-order chi connectivity index (χ1) is 8.31. The van der Waals surface area contributed by atoms with Crippen LogP contribution in [-0.2, 0) is 5.60 Å². The molecule has 0 aromatic heterocycles. The highest BCUT2D eigenvalue weighted by Crippen LogP contribution is 2.25. The molecule has 2 nitrogen and oxygen atoms in total. The second kappa shape index (κ2) is 6.30. The largest absolute Gasteiger partial charge is 0.385 e. The smallest absolute Gasteiger partial charge is 0.123 e. The zero-order chi connectivity index (χ0) is 13.8. The van der Waals surface area contributed by atoms with E-state index in [1.54, 1.807) is 6.92 Å². The van der Waals surface area contributed by atoms with E-state index in [1.807, 2.05) is 13.0 Å². The molecule has 0 radical (unpaired) electrons. The third-order valence-electron chi connectivity index (χ3n) is 3.01. The number of rotatable bonds is 6. The molecule has 18 heavy (non-hydrogen) atoms. The van der Waals surface area contributed by atoms with Gasteiger partial charge in [0.15, 0.2) is 0 Å². The van der Waals surface area contributed by atoms with E-state index in [2.05, 4.69) is 19.2 Å². The maximum atomic E-state index is 13.3. The van der Waals surface area contributed by atoms with Crippen molar-refractivity contribution in [2.45, 2.75) is 39.7 Å². The molecule has 1 atom stereocenters. The lowest BCUT2D eigenvalue weighted by Crippen LogP contribution is -2.29. The van der Waals surface area contributed by atoms with Gasteiger partial charge in [0.2, 0.25) is 0 Å². The molecule has 0 amide bonds. The molecule has 1 aromatic carbocycles. The van der Waals surface area contributed by atoms with Crippen LogP contribution >= 0.6 is 0 Å². The van der Waals surface area contributed by atoms with Gasteiger partial charge in [0, 0.05) is 0 Å². The minimum Gasteiger partial charge on any atom is -0.385 e. The van der Waals surface area contributed by atoms with Crippen molar-refractivity contribution in [3.8, 4) is 0 Å². The van der Waals surface area contributed by atoms with Gasteiger partial charge in [-0.3, -0.25) is 0 Å². The van der Waals surface area contributed by atoms with E-state index in [0.717, 1.165) is 18.7 Å². The maximum absolute atomic E-state index is 13.3. The number of aliphatic hydroxyl groups is 1. The summed E-state index contributed by atoms with van der Waals surface area (Å²) in [5.41, 5.74) is 0.489. The van der Waals surface area contributed by atoms with Gasteiger partial charge in [-0.1, -0.05) is 19.9 Å². The van der Waals surface area contributed by atoms with Gasteiger partial charge in [-0.2, -0.15) is 0 Å². The second-order valence-corrected chi connectivity index (χ2v) is 5.64. The Morgan fingerprint density at radius 2 is 2.00 bits per heavy atom. The molecular formula is C15H24FNO. The summed E-state index contributed by atoms with van der Waals surface area (Å²) in [6, 6.07) is 4.72. The van der Waals surface area contributed by atoms with Crippen molar-refractivity contribution in [3.63, 3.8) is 0 Å². The molecule has 3 heteroatoms. The van der Waals surface area contributed by atoms with Gasteiger partial charge in [0.25, 0.3) is 0 Å². The third kappa shape index (κ3) is 4.75. The molecule has 0 bridgehead atoms. The first kappa shape index (κ1) is 15.1. The average Bonchev–Trinajstić information content (AvgIpc) is 2.23. The Balaban J connectivity index is 2.61. The van der Waals surface area contributed by atoms with Crippen molar-refractivity contribution in [1.29, 1.82) is 0 Å². The summed E-state index contributed by atoms with van der Waals surface area (Å²) in [4.78, 5) is 0. The number of aryl methyl sites for hydroxylation is 1. The Morgan fingerprint density at radius 3 is 2.56 bits per heavy atom. The van der Waals surface area contributed by atoms with E-state index in [4.69, 9.17) is 0 Å². The molecule has 0 aliphatic rings. The fraction of sp³-hybridized carbons (Fsp3) is 0.600. The van der Waals surface area contributed by atoms with Crippen LogP contribution in [0, 0.1) is 18.7 Å². The van der Waals surface area contributed by atoms with Gasteiger partial charge in [-0.05, 0) is 62.5 Å². The summed E-state index contributed by atoms with van der Waals surface area (Å²) >= 11 is 0. The van der Waals surface area contributed by atoms with Gasteiger partial charge < -0.3 is 10.4 Å². The summed E-state index contributed by atoms with van der Waals surface area (Å²) in [6.45, 7) is 9.50. The topological polar surface area (TPSA) is 32.3 Å². The number of benzene rings is 1. The monoisotopic (exact) mass is 253 g/mol. The zero-order valence-corrected chi connectivity index (χ0v) is 11.8. The lowest BCUT2D eigenvalue weighted by atomic mass is 9.91. The van der Waals surface area contributed by atoms with E-state index < -0.39 is 5.60 Å². The van der Waals surface area contributed by atoms with Crippen LogP contribution in [0.25, 0.3) is 0 Å². The van der Waals surface area contributed by atoms with Crippen LogP contribution in [0.2, 0.25) is 0 Å². The Bertz CT molecular complexity index is 368. The SMILES string of the molecule is Cc1cc(F)cc(C(C)(O)CCNCC(C)C)c1. The highest BCUT2D eigenvalue weighted by molar-refractivity contribution is 5.28. The van der Waals surface area contributed by atoms with Crippen LogP contribution in [0.3, 0.4) is 0 Å². The number of nitrogens with one attached hydrogen (secondary N) is 1. The Labute approximate surface area is 109 Å². The highest BCUT2D eigenvalue weighted by Gasteiger charge is 2.23. The molecule has 102 valence electrons. The van der Waals surface area contributed by atoms with E-state index in [-0.39, 0.29) is 5.82 Å². The lowest BCUT2D eigenvalue weighted by molar-refractivity contribution is 0.0475. The number of halogens is 1. The lowest BCUT2D eigenvalue weighted by Gasteiger charge is -2.25. The predicted octanol–water partition coefficient (Wildman–Crippen LogP) is 2.98. The summed E-state index contributed by atoms with van der Waals surface area (Å²) in [6.07, 6.45) is 0.572. The van der Waals surface area contributed by atoms with Crippen LogP contribution < -0.4 is 5.32 Å².